The lowest BCUT2D eigenvalue weighted by atomic mass is 10.5. The molecule has 92 valence electrons. The van der Waals surface area contributed by atoms with E-state index in [9.17, 15) is 9.90 Å². The minimum absolute atomic E-state index is 0.0942. The van der Waals surface area contributed by atoms with Gasteiger partial charge in [0.2, 0.25) is 0 Å². The lowest BCUT2D eigenvalue weighted by molar-refractivity contribution is -0.139. The Morgan fingerprint density at radius 3 is 3.24 bits per heavy atom. The van der Waals surface area contributed by atoms with E-state index >= 15 is 0 Å². The normalized spacial score (nSPS) is 10.9. The fourth-order valence-corrected chi connectivity index (χ4v) is 3.01. The Balaban J connectivity index is 2.12. The molecule has 0 radical (unpaired) electrons. The average Bonchev–Trinajstić information content (AvgIpc) is 2.86. The summed E-state index contributed by atoms with van der Waals surface area (Å²) in [7, 11) is 0. The summed E-state index contributed by atoms with van der Waals surface area (Å²) < 4.78 is 6.67. The van der Waals surface area contributed by atoms with Crippen molar-refractivity contribution >= 4 is 34.0 Å². The lowest BCUT2D eigenvalue weighted by Crippen LogP contribution is -2.06. The molecule has 0 spiro atoms. The van der Waals surface area contributed by atoms with Crippen LogP contribution in [0.4, 0.5) is 0 Å². The van der Waals surface area contributed by atoms with Crippen molar-refractivity contribution < 1.29 is 14.6 Å². The molecule has 0 saturated heterocycles. The van der Waals surface area contributed by atoms with Crippen LogP contribution in [0.1, 0.15) is 12.6 Å². The number of thiazole rings is 1. The summed E-state index contributed by atoms with van der Waals surface area (Å²) in [5.74, 6) is -0.0520. The quantitative estimate of drug-likeness (QED) is 0.661. The molecule has 17 heavy (non-hydrogen) atoms. The topological polar surface area (TPSA) is 63.8 Å². The number of thioether (sulfide) groups is 1. The van der Waals surface area contributed by atoms with Gasteiger partial charge in [-0.2, -0.15) is 0 Å². The molecule has 0 fully saturated rings. The maximum atomic E-state index is 11.2. The number of fused-ring (bicyclic) bond motifs is 1. The Hall–Kier alpha value is -1.05. The van der Waals surface area contributed by atoms with Crippen LogP contribution in [0, 0.1) is 0 Å². The molecule has 0 unspecified atom stereocenters. The largest absolute Gasteiger partial charge is 0.465 e. The van der Waals surface area contributed by atoms with E-state index in [0.29, 0.717) is 11.6 Å². The van der Waals surface area contributed by atoms with Gasteiger partial charge in [-0.05, 0) is 6.92 Å². The molecule has 1 N–H and O–H groups in total. The number of carbonyl (C=O) groups is 1. The van der Waals surface area contributed by atoms with Gasteiger partial charge in [-0.25, -0.2) is 4.98 Å². The Morgan fingerprint density at radius 2 is 2.53 bits per heavy atom. The van der Waals surface area contributed by atoms with Crippen LogP contribution in [-0.4, -0.2) is 32.8 Å². The van der Waals surface area contributed by atoms with E-state index in [4.69, 9.17) is 4.74 Å². The van der Waals surface area contributed by atoms with Crippen molar-refractivity contribution in [1.82, 2.24) is 9.38 Å². The molecule has 2 rings (SSSR count). The van der Waals surface area contributed by atoms with Crippen LogP contribution in [0.2, 0.25) is 0 Å². The van der Waals surface area contributed by atoms with E-state index in [2.05, 4.69) is 4.98 Å². The maximum absolute atomic E-state index is 11.2. The molecule has 0 aromatic carbocycles. The molecule has 0 aliphatic carbocycles. The van der Waals surface area contributed by atoms with Crippen LogP contribution in [0.3, 0.4) is 0 Å². The summed E-state index contributed by atoms with van der Waals surface area (Å²) in [5.41, 5.74) is 0.718. The second-order valence-corrected chi connectivity index (χ2v) is 5.01. The van der Waals surface area contributed by atoms with Crippen molar-refractivity contribution in [3.63, 3.8) is 0 Å². The van der Waals surface area contributed by atoms with Gasteiger partial charge < -0.3 is 9.84 Å². The molecule has 0 amide bonds. The van der Waals surface area contributed by atoms with Crippen molar-refractivity contribution in [3.8, 4) is 0 Å². The van der Waals surface area contributed by atoms with Crippen molar-refractivity contribution in [1.29, 1.82) is 0 Å². The molecular weight excluding hydrogens is 260 g/mol. The first-order valence-electron chi connectivity index (χ1n) is 5.10. The van der Waals surface area contributed by atoms with Gasteiger partial charge in [0.05, 0.1) is 24.7 Å². The van der Waals surface area contributed by atoms with Crippen molar-refractivity contribution in [2.24, 2.45) is 0 Å². The van der Waals surface area contributed by atoms with Crippen LogP contribution in [0.25, 0.3) is 4.96 Å². The highest BCUT2D eigenvalue weighted by Crippen LogP contribution is 2.25. The number of rotatable bonds is 5. The van der Waals surface area contributed by atoms with Gasteiger partial charge in [-0.1, -0.05) is 11.8 Å². The molecule has 2 aromatic heterocycles. The molecule has 7 heteroatoms. The van der Waals surface area contributed by atoms with Gasteiger partial charge in [0.15, 0.2) is 4.96 Å². The summed E-state index contributed by atoms with van der Waals surface area (Å²) in [5, 5.41) is 11.9. The number of ether oxygens (including phenoxy) is 1. The monoisotopic (exact) mass is 272 g/mol. The van der Waals surface area contributed by atoms with Crippen molar-refractivity contribution in [2.45, 2.75) is 18.6 Å². The first-order chi connectivity index (χ1) is 8.26. The number of esters is 1. The summed E-state index contributed by atoms with van der Waals surface area (Å²) >= 11 is 2.78. The molecule has 5 nitrogen and oxygen atoms in total. The highest BCUT2D eigenvalue weighted by molar-refractivity contribution is 7.99. The first-order valence-corrected chi connectivity index (χ1v) is 6.96. The van der Waals surface area contributed by atoms with Gasteiger partial charge in [0.1, 0.15) is 5.03 Å². The Morgan fingerprint density at radius 1 is 1.71 bits per heavy atom. The predicted molar refractivity (Wildman–Crippen MR) is 66.3 cm³/mol. The third kappa shape index (κ3) is 2.62. The van der Waals surface area contributed by atoms with E-state index in [1.54, 1.807) is 6.92 Å². The fourth-order valence-electron chi connectivity index (χ4n) is 1.40. The van der Waals surface area contributed by atoms with Gasteiger partial charge in [-0.15, -0.1) is 11.3 Å². The van der Waals surface area contributed by atoms with Crippen LogP contribution in [0.15, 0.2) is 16.6 Å². The van der Waals surface area contributed by atoms with Gasteiger partial charge >= 0.3 is 5.97 Å². The summed E-state index contributed by atoms with van der Waals surface area (Å²) in [6.07, 6.45) is 1.85. The number of hydrogen-bond donors (Lipinski definition) is 1. The van der Waals surface area contributed by atoms with E-state index in [1.807, 2.05) is 16.0 Å². The van der Waals surface area contributed by atoms with E-state index in [1.165, 1.54) is 23.1 Å². The zero-order chi connectivity index (χ0) is 12.3. The second kappa shape index (κ2) is 5.52. The highest BCUT2D eigenvalue weighted by Gasteiger charge is 2.14. The van der Waals surface area contributed by atoms with Crippen LogP contribution in [0.5, 0.6) is 0 Å². The molecule has 0 saturated carbocycles. The number of imidazole rings is 1. The SMILES string of the molecule is CCOC(=O)CSc1nc2sccn2c1CO. The number of aromatic nitrogens is 2. The number of carbonyl (C=O) groups excluding carboxylic acids is 1. The molecule has 0 atom stereocenters. The maximum Gasteiger partial charge on any atom is 0.316 e. The zero-order valence-corrected chi connectivity index (χ0v) is 10.9. The van der Waals surface area contributed by atoms with Gasteiger partial charge in [0.25, 0.3) is 0 Å². The standard InChI is InChI=1S/C10H12N2O3S2/c1-2-15-8(14)6-17-9-7(5-13)12-3-4-16-10(12)11-9/h3-4,13H,2,5-6H2,1H3. The summed E-state index contributed by atoms with van der Waals surface area (Å²) in [6.45, 7) is 2.06. The van der Waals surface area contributed by atoms with E-state index < -0.39 is 0 Å². The highest BCUT2D eigenvalue weighted by atomic mass is 32.2. The Kier molecular flexibility index (Phi) is 4.03. The van der Waals surface area contributed by atoms with Crippen LogP contribution < -0.4 is 0 Å². The lowest BCUT2D eigenvalue weighted by Gasteiger charge is -2.01. The van der Waals surface area contributed by atoms with Crippen LogP contribution >= 0.6 is 23.1 Å². The second-order valence-electron chi connectivity index (χ2n) is 3.17. The van der Waals surface area contributed by atoms with E-state index in [-0.39, 0.29) is 18.3 Å². The first kappa shape index (κ1) is 12.4. The predicted octanol–water partition coefficient (Wildman–Crippen LogP) is 1.54. The zero-order valence-electron chi connectivity index (χ0n) is 9.25. The molecule has 2 heterocycles. The minimum Gasteiger partial charge on any atom is -0.465 e. The van der Waals surface area contributed by atoms with E-state index in [0.717, 1.165) is 10.7 Å². The fraction of sp³-hybridized carbons (Fsp3) is 0.400. The van der Waals surface area contributed by atoms with Crippen molar-refractivity contribution in [2.75, 3.05) is 12.4 Å². The molecular formula is C10H12N2O3S2. The Bertz CT molecular complexity index is 521. The Labute approximate surface area is 106 Å². The summed E-state index contributed by atoms with van der Waals surface area (Å²) in [6, 6.07) is 0. The number of aliphatic hydroxyl groups is 1. The smallest absolute Gasteiger partial charge is 0.316 e. The number of nitrogens with zero attached hydrogens (tertiary/aromatic N) is 2. The number of hydrogen-bond acceptors (Lipinski definition) is 6. The number of aliphatic hydroxyl groups excluding tert-OH is 1. The van der Waals surface area contributed by atoms with Crippen molar-refractivity contribution in [3.05, 3.63) is 17.3 Å². The molecule has 0 aliphatic rings. The third-order valence-electron chi connectivity index (χ3n) is 2.11. The minimum atomic E-state index is -0.266. The molecule has 0 bridgehead atoms. The van der Waals surface area contributed by atoms with Crippen LogP contribution in [-0.2, 0) is 16.1 Å². The summed E-state index contributed by atoms with van der Waals surface area (Å²) in [4.78, 5) is 16.4. The third-order valence-corrected chi connectivity index (χ3v) is 3.84. The molecule has 2 aromatic rings. The van der Waals surface area contributed by atoms with Gasteiger partial charge in [0, 0.05) is 11.6 Å². The average molecular weight is 272 g/mol. The molecule has 0 aliphatic heterocycles. The van der Waals surface area contributed by atoms with Gasteiger partial charge in [-0.3, -0.25) is 9.20 Å².